The lowest BCUT2D eigenvalue weighted by Crippen LogP contribution is -2.23. The second kappa shape index (κ2) is 6.50. The summed E-state index contributed by atoms with van der Waals surface area (Å²) in [5.74, 6) is -0.612. The molecule has 2 N–H and O–H groups in total. The van der Waals surface area contributed by atoms with Crippen molar-refractivity contribution in [3.05, 3.63) is 70.0 Å². The van der Waals surface area contributed by atoms with Crippen LogP contribution in [-0.4, -0.2) is 11.0 Å². The molecule has 0 aliphatic carbocycles. The van der Waals surface area contributed by atoms with Gasteiger partial charge in [0.25, 0.3) is 5.91 Å². The van der Waals surface area contributed by atoms with Gasteiger partial charge in [0.05, 0.1) is 6.61 Å². The lowest BCUT2D eigenvalue weighted by atomic mass is 10.1. The topological polar surface area (TPSA) is 49.3 Å². The molecule has 1 amide bonds. The van der Waals surface area contributed by atoms with E-state index >= 15 is 0 Å². The van der Waals surface area contributed by atoms with Crippen LogP contribution in [0.5, 0.6) is 0 Å². The van der Waals surface area contributed by atoms with Gasteiger partial charge in [0.2, 0.25) is 0 Å². The lowest BCUT2D eigenvalue weighted by molar-refractivity contribution is 0.0950. The van der Waals surface area contributed by atoms with E-state index in [4.69, 9.17) is 5.11 Å². The summed E-state index contributed by atoms with van der Waals surface area (Å²) in [5.41, 5.74) is 3.65. The zero-order chi connectivity index (χ0) is 15.4. The molecular formula is C17H18FNO2. The maximum atomic E-state index is 13.3. The van der Waals surface area contributed by atoms with Crippen molar-refractivity contribution in [2.45, 2.75) is 27.0 Å². The molecule has 2 aromatic carbocycles. The molecule has 110 valence electrons. The minimum atomic E-state index is -0.443. The van der Waals surface area contributed by atoms with E-state index in [-0.39, 0.29) is 18.1 Å². The SMILES string of the molecule is Cc1cc(C)cc(C(=O)NCc2ccc(F)c(CO)c2)c1. The number of halogens is 1. The van der Waals surface area contributed by atoms with Crippen molar-refractivity contribution in [1.29, 1.82) is 0 Å². The van der Waals surface area contributed by atoms with Crippen LogP contribution in [0.3, 0.4) is 0 Å². The Labute approximate surface area is 123 Å². The van der Waals surface area contributed by atoms with Gasteiger partial charge in [-0.15, -0.1) is 0 Å². The molecule has 0 unspecified atom stereocenters. The molecule has 2 rings (SSSR count). The van der Waals surface area contributed by atoms with Gasteiger partial charge in [0.1, 0.15) is 5.82 Å². The maximum absolute atomic E-state index is 13.3. The van der Waals surface area contributed by atoms with Crippen LogP contribution in [0, 0.1) is 19.7 Å². The summed E-state index contributed by atoms with van der Waals surface area (Å²) in [6, 6.07) is 10.1. The number of rotatable bonds is 4. The Morgan fingerprint density at radius 3 is 2.43 bits per heavy atom. The molecule has 3 nitrogen and oxygen atoms in total. The first kappa shape index (κ1) is 15.2. The fourth-order valence-corrected chi connectivity index (χ4v) is 2.25. The Bertz CT molecular complexity index is 648. The predicted molar refractivity (Wildman–Crippen MR) is 79.4 cm³/mol. The number of aliphatic hydroxyl groups excluding tert-OH is 1. The normalized spacial score (nSPS) is 10.5. The highest BCUT2D eigenvalue weighted by Gasteiger charge is 2.08. The summed E-state index contributed by atoms with van der Waals surface area (Å²) in [6.45, 7) is 3.82. The van der Waals surface area contributed by atoms with Crippen molar-refractivity contribution in [2.75, 3.05) is 0 Å². The van der Waals surface area contributed by atoms with Crippen molar-refractivity contribution >= 4 is 5.91 Å². The molecule has 0 bridgehead atoms. The smallest absolute Gasteiger partial charge is 0.251 e. The molecule has 0 aliphatic heterocycles. The van der Waals surface area contributed by atoms with Crippen molar-refractivity contribution in [1.82, 2.24) is 5.32 Å². The van der Waals surface area contributed by atoms with Crippen LogP contribution < -0.4 is 5.32 Å². The summed E-state index contributed by atoms with van der Waals surface area (Å²) in [7, 11) is 0. The van der Waals surface area contributed by atoms with Crippen LogP contribution in [0.1, 0.15) is 32.6 Å². The molecule has 4 heteroatoms. The summed E-state index contributed by atoms with van der Waals surface area (Å²) in [6.07, 6.45) is 0. The number of carbonyl (C=O) groups excluding carboxylic acids is 1. The number of amides is 1. The van der Waals surface area contributed by atoms with Gasteiger partial charge in [-0.1, -0.05) is 23.3 Å². The molecule has 21 heavy (non-hydrogen) atoms. The molecule has 0 heterocycles. The minimum Gasteiger partial charge on any atom is -0.392 e. The Hall–Kier alpha value is -2.20. The van der Waals surface area contributed by atoms with Crippen LogP contribution in [0.25, 0.3) is 0 Å². The van der Waals surface area contributed by atoms with Gasteiger partial charge in [-0.05, 0) is 43.7 Å². The molecule has 0 saturated carbocycles. The summed E-state index contributed by atoms with van der Waals surface area (Å²) in [5, 5.41) is 11.8. The first-order valence-electron chi connectivity index (χ1n) is 6.74. The number of carbonyl (C=O) groups is 1. The molecular weight excluding hydrogens is 269 g/mol. The number of aryl methyl sites for hydroxylation is 2. The molecule has 0 aromatic heterocycles. The highest BCUT2D eigenvalue weighted by Crippen LogP contribution is 2.12. The van der Waals surface area contributed by atoms with Crippen LogP contribution >= 0.6 is 0 Å². The second-order valence-electron chi connectivity index (χ2n) is 5.14. The summed E-state index contributed by atoms with van der Waals surface area (Å²) >= 11 is 0. The standard InChI is InChI=1S/C17H18FNO2/c1-11-5-12(2)7-14(6-11)17(21)19-9-13-3-4-16(18)15(8-13)10-20/h3-8,20H,9-10H2,1-2H3,(H,19,21). The average molecular weight is 287 g/mol. The van der Waals surface area contributed by atoms with Crippen LogP contribution in [0.4, 0.5) is 4.39 Å². The van der Waals surface area contributed by atoms with Gasteiger partial charge < -0.3 is 10.4 Å². The van der Waals surface area contributed by atoms with Gasteiger partial charge >= 0.3 is 0 Å². The second-order valence-corrected chi connectivity index (χ2v) is 5.14. The quantitative estimate of drug-likeness (QED) is 0.908. The van der Waals surface area contributed by atoms with Crippen LogP contribution in [-0.2, 0) is 13.2 Å². The molecule has 0 aliphatic rings. The zero-order valence-electron chi connectivity index (χ0n) is 12.1. The molecule has 0 saturated heterocycles. The highest BCUT2D eigenvalue weighted by atomic mass is 19.1. The third-order valence-electron chi connectivity index (χ3n) is 3.22. The fraction of sp³-hybridized carbons (Fsp3) is 0.235. The van der Waals surface area contributed by atoms with E-state index in [0.717, 1.165) is 16.7 Å². The molecule has 0 atom stereocenters. The number of aliphatic hydroxyl groups is 1. The van der Waals surface area contributed by atoms with E-state index in [9.17, 15) is 9.18 Å². The number of hydrogen-bond donors (Lipinski definition) is 2. The van der Waals surface area contributed by atoms with Crippen molar-refractivity contribution in [3.8, 4) is 0 Å². The lowest BCUT2D eigenvalue weighted by Gasteiger charge is -2.08. The largest absolute Gasteiger partial charge is 0.392 e. The van der Waals surface area contributed by atoms with Crippen molar-refractivity contribution in [3.63, 3.8) is 0 Å². The highest BCUT2D eigenvalue weighted by molar-refractivity contribution is 5.94. The first-order valence-corrected chi connectivity index (χ1v) is 6.74. The fourth-order valence-electron chi connectivity index (χ4n) is 2.25. The van der Waals surface area contributed by atoms with Crippen LogP contribution in [0.15, 0.2) is 36.4 Å². The Morgan fingerprint density at radius 1 is 1.14 bits per heavy atom. The number of benzene rings is 2. The van der Waals surface area contributed by atoms with Gasteiger partial charge in [0, 0.05) is 17.7 Å². The van der Waals surface area contributed by atoms with E-state index in [0.29, 0.717) is 12.1 Å². The van der Waals surface area contributed by atoms with Gasteiger partial charge in [-0.25, -0.2) is 4.39 Å². The third kappa shape index (κ3) is 3.89. The minimum absolute atomic E-state index is 0.170. The van der Waals surface area contributed by atoms with E-state index < -0.39 is 5.82 Å². The Morgan fingerprint density at radius 2 is 1.81 bits per heavy atom. The first-order chi connectivity index (χ1) is 9.99. The molecule has 0 fully saturated rings. The van der Waals surface area contributed by atoms with Gasteiger partial charge in [-0.2, -0.15) is 0 Å². The van der Waals surface area contributed by atoms with E-state index in [2.05, 4.69) is 5.32 Å². The molecule has 0 spiro atoms. The average Bonchev–Trinajstić information content (AvgIpc) is 2.45. The summed E-state index contributed by atoms with van der Waals surface area (Å²) < 4.78 is 13.3. The van der Waals surface area contributed by atoms with Gasteiger partial charge in [0.15, 0.2) is 0 Å². The monoisotopic (exact) mass is 287 g/mol. The zero-order valence-corrected chi connectivity index (χ0v) is 12.1. The predicted octanol–water partition coefficient (Wildman–Crippen LogP) is 2.86. The van der Waals surface area contributed by atoms with E-state index in [1.807, 2.05) is 32.0 Å². The van der Waals surface area contributed by atoms with Crippen molar-refractivity contribution < 1.29 is 14.3 Å². The Balaban J connectivity index is 2.07. The Kier molecular flexibility index (Phi) is 4.70. The van der Waals surface area contributed by atoms with Crippen LogP contribution in [0.2, 0.25) is 0 Å². The molecule has 2 aromatic rings. The van der Waals surface area contributed by atoms with E-state index in [1.165, 1.54) is 6.07 Å². The maximum Gasteiger partial charge on any atom is 0.251 e. The van der Waals surface area contributed by atoms with Crippen molar-refractivity contribution in [2.24, 2.45) is 0 Å². The van der Waals surface area contributed by atoms with E-state index in [1.54, 1.807) is 12.1 Å². The number of nitrogens with one attached hydrogen (secondary N) is 1. The molecule has 0 radical (unpaired) electrons. The number of hydrogen-bond acceptors (Lipinski definition) is 2. The summed E-state index contributed by atoms with van der Waals surface area (Å²) in [4.78, 5) is 12.1. The van der Waals surface area contributed by atoms with Gasteiger partial charge in [-0.3, -0.25) is 4.79 Å². The third-order valence-corrected chi connectivity index (χ3v) is 3.22.